The smallest absolute Gasteiger partial charge is 0.326 e. The Hall–Kier alpha value is -1.59. The lowest BCUT2D eigenvalue weighted by atomic mass is 10.1. The molecule has 0 spiro atoms. The minimum atomic E-state index is -1.01. The first-order valence-corrected chi connectivity index (χ1v) is 7.26. The molecule has 0 aliphatic heterocycles. The van der Waals surface area contributed by atoms with Crippen LogP contribution in [0.2, 0.25) is 0 Å². The van der Waals surface area contributed by atoms with Crippen LogP contribution < -0.4 is 5.32 Å². The van der Waals surface area contributed by atoms with Gasteiger partial charge in [0.1, 0.15) is 6.04 Å². The number of amides is 2. The third-order valence-corrected chi connectivity index (χ3v) is 3.12. The zero-order chi connectivity index (χ0) is 15.5. The topological polar surface area (TPSA) is 86.7 Å². The highest BCUT2D eigenvalue weighted by molar-refractivity contribution is 5.84. The summed E-state index contributed by atoms with van der Waals surface area (Å²) in [6.45, 7) is 7.02. The van der Waals surface area contributed by atoms with Crippen molar-refractivity contribution in [2.75, 3.05) is 13.1 Å². The number of nitrogens with zero attached hydrogens (tertiary/aromatic N) is 1. The monoisotopic (exact) mass is 286 g/mol. The molecule has 0 bridgehead atoms. The van der Waals surface area contributed by atoms with Crippen LogP contribution in [0.15, 0.2) is 0 Å². The molecule has 0 aromatic heterocycles. The summed E-state index contributed by atoms with van der Waals surface area (Å²) in [5.41, 5.74) is 0. The zero-order valence-electron chi connectivity index (χ0n) is 12.6. The van der Waals surface area contributed by atoms with Gasteiger partial charge in [-0.2, -0.15) is 0 Å². The van der Waals surface area contributed by atoms with E-state index in [-0.39, 0.29) is 18.2 Å². The number of carboxylic acid groups (broad SMARTS) is 1. The highest BCUT2D eigenvalue weighted by Crippen LogP contribution is 2.03. The molecule has 0 rings (SSSR count). The number of rotatable bonds is 10. The van der Waals surface area contributed by atoms with Crippen molar-refractivity contribution < 1.29 is 19.5 Å². The molecule has 6 nitrogen and oxygen atoms in total. The summed E-state index contributed by atoms with van der Waals surface area (Å²) in [6, 6.07) is -0.828. The molecule has 0 aromatic rings. The lowest BCUT2D eigenvalue weighted by Crippen LogP contribution is -2.40. The van der Waals surface area contributed by atoms with E-state index >= 15 is 0 Å². The SMILES string of the molecule is CCCC(NC(=O)CCCC(=O)N(CC)CC)C(=O)O. The molecular weight excluding hydrogens is 260 g/mol. The number of carbonyl (C=O) groups is 3. The molecule has 0 aliphatic rings. The maximum Gasteiger partial charge on any atom is 0.326 e. The molecule has 0 heterocycles. The van der Waals surface area contributed by atoms with Gasteiger partial charge >= 0.3 is 5.97 Å². The van der Waals surface area contributed by atoms with E-state index in [1.54, 1.807) is 4.90 Å². The van der Waals surface area contributed by atoms with Crippen molar-refractivity contribution >= 4 is 17.8 Å². The number of nitrogens with one attached hydrogen (secondary N) is 1. The Labute approximate surface area is 120 Å². The Bertz CT molecular complexity index is 327. The Kier molecular flexibility index (Phi) is 9.41. The summed E-state index contributed by atoms with van der Waals surface area (Å²) < 4.78 is 0. The lowest BCUT2D eigenvalue weighted by molar-refractivity contribution is -0.142. The van der Waals surface area contributed by atoms with E-state index in [2.05, 4.69) is 5.32 Å². The Morgan fingerprint density at radius 1 is 1.10 bits per heavy atom. The van der Waals surface area contributed by atoms with Gasteiger partial charge in [-0.3, -0.25) is 9.59 Å². The summed E-state index contributed by atoms with van der Waals surface area (Å²) in [6.07, 6.45) is 2.05. The predicted molar refractivity (Wildman–Crippen MR) is 76.3 cm³/mol. The van der Waals surface area contributed by atoms with Gasteiger partial charge in [0.2, 0.25) is 11.8 Å². The summed E-state index contributed by atoms with van der Waals surface area (Å²) in [5, 5.41) is 11.4. The molecule has 0 saturated heterocycles. The van der Waals surface area contributed by atoms with Crippen molar-refractivity contribution in [2.45, 2.75) is 58.9 Å². The van der Waals surface area contributed by atoms with Crippen LogP contribution in [0.3, 0.4) is 0 Å². The highest BCUT2D eigenvalue weighted by atomic mass is 16.4. The molecule has 0 saturated carbocycles. The van der Waals surface area contributed by atoms with Crippen molar-refractivity contribution in [3.05, 3.63) is 0 Å². The van der Waals surface area contributed by atoms with Crippen LogP contribution in [0.4, 0.5) is 0 Å². The Morgan fingerprint density at radius 2 is 1.70 bits per heavy atom. The first kappa shape index (κ1) is 18.4. The number of hydrogen-bond donors (Lipinski definition) is 2. The van der Waals surface area contributed by atoms with Gasteiger partial charge < -0.3 is 15.3 Å². The first-order chi connectivity index (χ1) is 9.46. The van der Waals surface area contributed by atoms with Crippen molar-refractivity contribution in [3.8, 4) is 0 Å². The van der Waals surface area contributed by atoms with Gasteiger partial charge in [0.15, 0.2) is 0 Å². The van der Waals surface area contributed by atoms with Gasteiger partial charge in [0, 0.05) is 25.9 Å². The zero-order valence-corrected chi connectivity index (χ0v) is 12.6. The van der Waals surface area contributed by atoms with Crippen molar-refractivity contribution in [1.82, 2.24) is 10.2 Å². The van der Waals surface area contributed by atoms with Gasteiger partial charge in [-0.05, 0) is 26.7 Å². The van der Waals surface area contributed by atoms with Crippen molar-refractivity contribution in [2.24, 2.45) is 0 Å². The minimum Gasteiger partial charge on any atom is -0.480 e. The van der Waals surface area contributed by atoms with Gasteiger partial charge in [-0.25, -0.2) is 4.79 Å². The van der Waals surface area contributed by atoms with Gasteiger partial charge in [-0.15, -0.1) is 0 Å². The lowest BCUT2D eigenvalue weighted by Gasteiger charge is -2.18. The van der Waals surface area contributed by atoms with E-state index in [9.17, 15) is 14.4 Å². The third-order valence-electron chi connectivity index (χ3n) is 3.12. The summed E-state index contributed by atoms with van der Waals surface area (Å²) in [7, 11) is 0. The standard InChI is InChI=1S/C14H26N2O4/c1-4-8-11(14(19)20)15-12(17)9-7-10-13(18)16(5-2)6-3/h11H,4-10H2,1-3H3,(H,15,17)(H,19,20). The second kappa shape index (κ2) is 10.2. The van der Waals surface area contributed by atoms with Gasteiger partial charge in [0.05, 0.1) is 0 Å². The summed E-state index contributed by atoms with van der Waals surface area (Å²) in [4.78, 5) is 36.0. The van der Waals surface area contributed by atoms with Crippen LogP contribution in [0.25, 0.3) is 0 Å². The number of carbonyl (C=O) groups excluding carboxylic acids is 2. The number of hydrogen-bond acceptors (Lipinski definition) is 3. The quantitative estimate of drug-likeness (QED) is 0.635. The molecule has 1 atom stereocenters. The molecule has 0 radical (unpaired) electrons. The summed E-state index contributed by atoms with van der Waals surface area (Å²) in [5.74, 6) is -1.29. The molecule has 1 unspecified atom stereocenters. The van der Waals surface area contributed by atoms with E-state index in [0.29, 0.717) is 38.8 Å². The third kappa shape index (κ3) is 7.11. The molecule has 6 heteroatoms. The number of aliphatic carboxylic acids is 1. The van der Waals surface area contributed by atoms with Crippen molar-refractivity contribution in [1.29, 1.82) is 0 Å². The normalized spacial score (nSPS) is 11.8. The fraction of sp³-hybridized carbons (Fsp3) is 0.786. The fourth-order valence-corrected chi connectivity index (χ4v) is 1.95. The maximum atomic E-state index is 11.7. The van der Waals surface area contributed by atoms with Gasteiger partial charge in [-0.1, -0.05) is 13.3 Å². The van der Waals surface area contributed by atoms with Crippen LogP contribution in [0.5, 0.6) is 0 Å². The van der Waals surface area contributed by atoms with Crippen LogP contribution in [0.1, 0.15) is 52.9 Å². The van der Waals surface area contributed by atoms with Crippen LogP contribution in [-0.4, -0.2) is 46.9 Å². The van der Waals surface area contributed by atoms with Crippen LogP contribution in [0, 0.1) is 0 Å². The summed E-state index contributed by atoms with van der Waals surface area (Å²) >= 11 is 0. The van der Waals surface area contributed by atoms with E-state index in [0.717, 1.165) is 0 Å². The molecular formula is C14H26N2O4. The fourth-order valence-electron chi connectivity index (χ4n) is 1.95. The number of carboxylic acids is 1. The highest BCUT2D eigenvalue weighted by Gasteiger charge is 2.18. The second-order valence-corrected chi connectivity index (χ2v) is 4.67. The van der Waals surface area contributed by atoms with Crippen molar-refractivity contribution in [3.63, 3.8) is 0 Å². The molecule has 0 aromatic carbocycles. The minimum absolute atomic E-state index is 0.0335. The van der Waals surface area contributed by atoms with E-state index in [1.165, 1.54) is 0 Å². The molecule has 2 N–H and O–H groups in total. The molecule has 2 amide bonds. The molecule has 0 fully saturated rings. The van der Waals surface area contributed by atoms with Gasteiger partial charge in [0.25, 0.3) is 0 Å². The maximum absolute atomic E-state index is 11.7. The van der Waals surface area contributed by atoms with E-state index in [4.69, 9.17) is 5.11 Å². The Balaban J connectivity index is 4.04. The molecule has 116 valence electrons. The average Bonchev–Trinajstić information content (AvgIpc) is 2.39. The van der Waals surface area contributed by atoms with E-state index in [1.807, 2.05) is 20.8 Å². The predicted octanol–water partition coefficient (Wildman–Crippen LogP) is 1.39. The first-order valence-electron chi connectivity index (χ1n) is 7.26. The molecule has 20 heavy (non-hydrogen) atoms. The molecule has 0 aliphatic carbocycles. The average molecular weight is 286 g/mol. The van der Waals surface area contributed by atoms with Crippen LogP contribution in [-0.2, 0) is 14.4 Å². The second-order valence-electron chi connectivity index (χ2n) is 4.67. The Morgan fingerprint density at radius 3 is 2.15 bits per heavy atom. The van der Waals surface area contributed by atoms with E-state index < -0.39 is 12.0 Å². The van der Waals surface area contributed by atoms with Crippen LogP contribution >= 0.6 is 0 Å². The largest absolute Gasteiger partial charge is 0.480 e.